The average molecular weight is 443 g/mol. The number of amides is 1. The Kier molecular flexibility index (Phi) is 6.79. The number of aromatic nitrogens is 2. The lowest BCUT2D eigenvalue weighted by Crippen LogP contribution is -2.41. The number of benzene rings is 2. The molecular weight excluding hydrogens is 412 g/mol. The first-order chi connectivity index (χ1) is 16.0. The summed E-state index contributed by atoms with van der Waals surface area (Å²) in [6.45, 7) is 6.06. The number of carbonyl (C=O) groups excluding carboxylic acids is 1. The van der Waals surface area contributed by atoms with E-state index in [1.54, 1.807) is 25.5 Å². The second-order valence-electron chi connectivity index (χ2n) is 8.84. The first-order valence-electron chi connectivity index (χ1n) is 11.6. The van der Waals surface area contributed by atoms with Crippen LogP contribution in [0, 0.1) is 11.3 Å². The Balaban J connectivity index is 1.63. The summed E-state index contributed by atoms with van der Waals surface area (Å²) in [5.74, 6) is 1.38. The Hall–Kier alpha value is -3.59. The van der Waals surface area contributed by atoms with Crippen LogP contribution >= 0.6 is 0 Å². The van der Waals surface area contributed by atoms with E-state index >= 15 is 0 Å². The Labute approximate surface area is 195 Å². The molecule has 1 aliphatic rings. The highest BCUT2D eigenvalue weighted by Gasteiger charge is 2.35. The van der Waals surface area contributed by atoms with Crippen molar-refractivity contribution in [2.75, 3.05) is 13.1 Å². The summed E-state index contributed by atoms with van der Waals surface area (Å²) in [4.78, 5) is 18.2. The Morgan fingerprint density at radius 3 is 2.85 bits per heavy atom. The van der Waals surface area contributed by atoms with Gasteiger partial charge in [0.05, 0.1) is 11.9 Å². The van der Waals surface area contributed by atoms with Gasteiger partial charge in [0.25, 0.3) is 0 Å². The predicted octanol–water partition coefficient (Wildman–Crippen LogP) is 5.28. The van der Waals surface area contributed by atoms with E-state index < -0.39 is 0 Å². The number of hydrogen-bond acceptors (Lipinski definition) is 4. The molecule has 0 aliphatic carbocycles. The molecular formula is C27H30N4O2. The maximum Gasteiger partial charge on any atom is 0.219 e. The van der Waals surface area contributed by atoms with Crippen molar-refractivity contribution >= 4 is 5.91 Å². The molecule has 1 unspecified atom stereocenters. The lowest BCUT2D eigenvalue weighted by atomic mass is 9.74. The zero-order chi connectivity index (χ0) is 23.3. The van der Waals surface area contributed by atoms with Gasteiger partial charge in [-0.2, -0.15) is 5.26 Å². The van der Waals surface area contributed by atoms with Gasteiger partial charge in [0.2, 0.25) is 5.91 Å². The van der Waals surface area contributed by atoms with Gasteiger partial charge in [-0.1, -0.05) is 31.5 Å². The average Bonchev–Trinajstić information content (AvgIpc) is 3.22. The Morgan fingerprint density at radius 1 is 1.24 bits per heavy atom. The lowest BCUT2D eigenvalue weighted by molar-refractivity contribution is -0.129. The molecule has 1 amide bonds. The Morgan fingerprint density at radius 2 is 2.12 bits per heavy atom. The minimum Gasteiger partial charge on any atom is -0.456 e. The maximum absolute atomic E-state index is 12.2. The largest absolute Gasteiger partial charge is 0.456 e. The van der Waals surface area contributed by atoms with Crippen LogP contribution in [-0.2, 0) is 16.8 Å². The summed E-state index contributed by atoms with van der Waals surface area (Å²) < 4.78 is 8.23. The zero-order valence-corrected chi connectivity index (χ0v) is 19.3. The summed E-state index contributed by atoms with van der Waals surface area (Å²) in [6, 6.07) is 16.1. The van der Waals surface area contributed by atoms with E-state index in [4.69, 9.17) is 4.74 Å². The number of hydrogen-bond donors (Lipinski definition) is 0. The fourth-order valence-electron chi connectivity index (χ4n) is 4.74. The van der Waals surface area contributed by atoms with Crippen molar-refractivity contribution in [1.29, 1.82) is 5.26 Å². The van der Waals surface area contributed by atoms with Gasteiger partial charge in [-0.25, -0.2) is 4.98 Å². The van der Waals surface area contributed by atoms with E-state index in [1.165, 1.54) is 5.56 Å². The summed E-state index contributed by atoms with van der Waals surface area (Å²) in [6.07, 6.45) is 9.54. The highest BCUT2D eigenvalue weighted by atomic mass is 16.5. The normalized spacial score (nSPS) is 18.4. The summed E-state index contributed by atoms with van der Waals surface area (Å²) in [5, 5.41) is 9.61. The molecule has 0 N–H and O–H groups in total. The van der Waals surface area contributed by atoms with Gasteiger partial charge >= 0.3 is 0 Å². The molecule has 33 heavy (non-hydrogen) atoms. The molecule has 3 aromatic rings. The zero-order valence-electron chi connectivity index (χ0n) is 19.3. The van der Waals surface area contributed by atoms with Crippen LogP contribution in [0.3, 0.4) is 0 Å². The van der Waals surface area contributed by atoms with Crippen LogP contribution in [-0.4, -0.2) is 33.4 Å². The van der Waals surface area contributed by atoms with Crippen LogP contribution in [0.25, 0.3) is 0 Å². The van der Waals surface area contributed by atoms with Crippen LogP contribution < -0.4 is 4.74 Å². The SMILES string of the molecule is CCC1(c2cccc(Oc3cc(Cn4ccnc4)ccc3C#N)c2)CCCCN(C(C)=O)C1. The Bertz CT molecular complexity index is 1150. The minimum absolute atomic E-state index is 0.0944. The van der Waals surface area contributed by atoms with Crippen LogP contribution in [0.1, 0.15) is 56.2 Å². The van der Waals surface area contributed by atoms with Crippen LogP contribution in [0.5, 0.6) is 11.5 Å². The number of ether oxygens (including phenoxy) is 1. The van der Waals surface area contributed by atoms with E-state index in [2.05, 4.69) is 30.1 Å². The van der Waals surface area contributed by atoms with Gasteiger partial charge in [0, 0.05) is 44.4 Å². The molecule has 6 nitrogen and oxygen atoms in total. The van der Waals surface area contributed by atoms with Crippen molar-refractivity contribution < 1.29 is 9.53 Å². The summed E-state index contributed by atoms with van der Waals surface area (Å²) in [7, 11) is 0. The molecule has 0 saturated carbocycles. The van der Waals surface area contributed by atoms with Gasteiger partial charge in [-0.05, 0) is 54.7 Å². The number of likely N-dealkylation sites (tertiary alicyclic amines) is 1. The smallest absolute Gasteiger partial charge is 0.219 e. The fourth-order valence-corrected chi connectivity index (χ4v) is 4.74. The minimum atomic E-state index is -0.0944. The molecule has 2 heterocycles. The molecule has 6 heteroatoms. The first kappa shape index (κ1) is 22.6. The molecule has 1 aromatic heterocycles. The monoisotopic (exact) mass is 442 g/mol. The van der Waals surface area contributed by atoms with E-state index in [0.29, 0.717) is 23.6 Å². The van der Waals surface area contributed by atoms with Gasteiger partial charge < -0.3 is 14.2 Å². The van der Waals surface area contributed by atoms with Gasteiger partial charge in [-0.15, -0.1) is 0 Å². The third-order valence-electron chi connectivity index (χ3n) is 6.71. The molecule has 1 atom stereocenters. The number of nitrogens with zero attached hydrogens (tertiary/aromatic N) is 4. The van der Waals surface area contributed by atoms with E-state index in [-0.39, 0.29) is 11.3 Å². The molecule has 4 rings (SSSR count). The number of imidazole rings is 1. The van der Waals surface area contributed by atoms with Crippen molar-refractivity contribution in [3.63, 3.8) is 0 Å². The van der Waals surface area contributed by atoms with Crippen molar-refractivity contribution in [3.8, 4) is 17.6 Å². The third kappa shape index (κ3) is 5.09. The highest BCUT2D eigenvalue weighted by Crippen LogP contribution is 2.39. The number of carbonyl (C=O) groups is 1. The standard InChI is InChI=1S/C27H30N4O2/c1-3-27(11-4-5-13-31(19-27)21(2)32)24-7-6-8-25(16-24)33-26-15-22(9-10-23(26)17-28)18-30-14-12-29-20-30/h6-10,12,14-16,20H,3-5,11,13,18-19H2,1-2H3. The maximum atomic E-state index is 12.2. The molecule has 2 aromatic carbocycles. The van der Waals surface area contributed by atoms with Crippen LogP contribution in [0.2, 0.25) is 0 Å². The lowest BCUT2D eigenvalue weighted by Gasteiger charge is -2.36. The van der Waals surface area contributed by atoms with Crippen molar-refractivity contribution in [2.24, 2.45) is 0 Å². The summed E-state index contributed by atoms with van der Waals surface area (Å²) in [5.41, 5.74) is 2.62. The number of rotatable bonds is 6. The third-order valence-corrected chi connectivity index (χ3v) is 6.71. The quantitative estimate of drug-likeness (QED) is 0.521. The van der Waals surface area contributed by atoms with E-state index in [9.17, 15) is 10.1 Å². The van der Waals surface area contributed by atoms with Gasteiger partial charge in [0.1, 0.15) is 17.6 Å². The van der Waals surface area contributed by atoms with Crippen LogP contribution in [0.15, 0.2) is 61.2 Å². The first-order valence-corrected chi connectivity index (χ1v) is 11.6. The molecule has 1 aliphatic heterocycles. The fraction of sp³-hybridized carbons (Fsp3) is 0.370. The highest BCUT2D eigenvalue weighted by molar-refractivity contribution is 5.73. The van der Waals surface area contributed by atoms with E-state index in [0.717, 1.165) is 44.3 Å². The second-order valence-corrected chi connectivity index (χ2v) is 8.84. The molecule has 0 bridgehead atoms. The molecule has 1 fully saturated rings. The van der Waals surface area contributed by atoms with Crippen LogP contribution in [0.4, 0.5) is 0 Å². The topological polar surface area (TPSA) is 71.2 Å². The predicted molar refractivity (Wildman–Crippen MR) is 127 cm³/mol. The summed E-state index contributed by atoms with van der Waals surface area (Å²) >= 11 is 0. The molecule has 1 saturated heterocycles. The second kappa shape index (κ2) is 9.91. The van der Waals surface area contributed by atoms with Crippen molar-refractivity contribution in [3.05, 3.63) is 77.9 Å². The van der Waals surface area contributed by atoms with Crippen molar-refractivity contribution in [2.45, 2.75) is 51.5 Å². The molecule has 0 spiro atoms. The molecule has 170 valence electrons. The van der Waals surface area contributed by atoms with E-state index in [1.807, 2.05) is 39.9 Å². The van der Waals surface area contributed by atoms with Gasteiger partial charge in [0.15, 0.2) is 0 Å². The van der Waals surface area contributed by atoms with Crippen molar-refractivity contribution in [1.82, 2.24) is 14.5 Å². The van der Waals surface area contributed by atoms with Gasteiger partial charge in [-0.3, -0.25) is 4.79 Å². The molecule has 0 radical (unpaired) electrons. The number of nitriles is 1.